The minimum Gasteiger partial charge on any atom is -0.444 e. The Morgan fingerprint density at radius 2 is 0.964 bits per heavy atom. The van der Waals surface area contributed by atoms with Crippen molar-refractivity contribution in [1.29, 1.82) is 0 Å². The molecular formula is C46H62Cl2N4O4. The number of alkyl halides is 2. The topological polar surface area (TPSA) is 99.8 Å². The Morgan fingerprint density at radius 3 is 1.32 bits per heavy atom. The molecule has 0 aliphatic carbocycles. The monoisotopic (exact) mass is 804 g/mol. The number of ether oxygens (including phenoxy) is 1. The van der Waals surface area contributed by atoms with Gasteiger partial charge in [0.15, 0.2) is 0 Å². The number of carbonyl (C=O) groups excluding carboxylic acids is 3. The summed E-state index contributed by atoms with van der Waals surface area (Å²) in [4.78, 5) is 40.5. The molecule has 3 amide bonds. The van der Waals surface area contributed by atoms with E-state index in [0.29, 0.717) is 39.0 Å². The summed E-state index contributed by atoms with van der Waals surface area (Å²) < 4.78 is 5.50. The number of nitrogens with zero attached hydrogens (tertiary/aromatic N) is 1. The number of nitrogens with one attached hydrogen (secondary N) is 3. The van der Waals surface area contributed by atoms with Crippen LogP contribution in [-0.2, 0) is 38.2 Å². The van der Waals surface area contributed by atoms with Gasteiger partial charge in [0, 0.05) is 26.2 Å². The number of halogens is 2. The molecule has 0 unspecified atom stereocenters. The van der Waals surface area contributed by atoms with Gasteiger partial charge in [-0.15, -0.1) is 23.2 Å². The van der Waals surface area contributed by atoms with Gasteiger partial charge in [0.1, 0.15) is 5.60 Å². The summed E-state index contributed by atoms with van der Waals surface area (Å²) in [6.07, 6.45) is 2.51. The minimum atomic E-state index is -0.644. The van der Waals surface area contributed by atoms with Crippen molar-refractivity contribution < 1.29 is 19.1 Å². The molecule has 56 heavy (non-hydrogen) atoms. The Morgan fingerprint density at radius 1 is 0.625 bits per heavy atom. The molecule has 6 rings (SSSR count). The molecule has 4 aromatic rings. The molecule has 2 fully saturated rings. The molecule has 2 aliphatic rings. The van der Waals surface area contributed by atoms with Crippen molar-refractivity contribution in [3.8, 4) is 0 Å². The Kier molecular flexibility index (Phi) is 20.2. The lowest BCUT2D eigenvalue weighted by molar-refractivity contribution is -0.129. The first kappa shape index (κ1) is 47.8. The second-order valence-corrected chi connectivity index (χ2v) is 15.4. The molecule has 10 heteroatoms. The predicted octanol–water partition coefficient (Wildman–Crippen LogP) is 9.59. The van der Waals surface area contributed by atoms with Crippen molar-refractivity contribution in [3.05, 3.63) is 144 Å². The first-order valence-corrected chi connectivity index (χ1v) is 19.7. The van der Waals surface area contributed by atoms with Gasteiger partial charge in [-0.2, -0.15) is 0 Å². The number of carbonyl (C=O) groups is 3. The van der Waals surface area contributed by atoms with Crippen LogP contribution in [0, 0.1) is 0 Å². The lowest BCUT2D eigenvalue weighted by Crippen LogP contribution is -2.53. The zero-order chi connectivity index (χ0) is 38.9. The molecule has 304 valence electrons. The largest absolute Gasteiger partial charge is 0.444 e. The molecule has 0 radical (unpaired) electrons. The van der Waals surface area contributed by atoms with Gasteiger partial charge in [-0.3, -0.25) is 9.59 Å². The zero-order valence-corrected chi connectivity index (χ0v) is 33.2. The molecule has 0 atom stereocenters. The van der Waals surface area contributed by atoms with Crippen LogP contribution >= 0.6 is 23.2 Å². The van der Waals surface area contributed by atoms with E-state index in [2.05, 4.69) is 28.1 Å². The number of amides is 3. The lowest BCUT2D eigenvalue weighted by atomic mass is 9.72. The first-order chi connectivity index (χ1) is 26.0. The van der Waals surface area contributed by atoms with Crippen LogP contribution in [0.1, 0.15) is 83.6 Å². The van der Waals surface area contributed by atoms with Crippen LogP contribution in [0.3, 0.4) is 0 Å². The highest BCUT2D eigenvalue weighted by molar-refractivity contribution is 6.40. The van der Waals surface area contributed by atoms with Crippen molar-refractivity contribution in [2.45, 2.75) is 90.8 Å². The van der Waals surface area contributed by atoms with Crippen LogP contribution in [0.2, 0.25) is 0 Å². The maximum atomic E-state index is 13.4. The van der Waals surface area contributed by atoms with Crippen LogP contribution in [0.15, 0.2) is 121 Å². The summed E-state index contributed by atoms with van der Waals surface area (Å²) in [6, 6.07) is 40.0. The van der Waals surface area contributed by atoms with Gasteiger partial charge in [0.2, 0.25) is 11.8 Å². The van der Waals surface area contributed by atoms with E-state index in [0.717, 1.165) is 48.2 Å². The van der Waals surface area contributed by atoms with Crippen molar-refractivity contribution in [3.63, 3.8) is 0 Å². The maximum absolute atomic E-state index is 13.4. The fourth-order valence-electron chi connectivity index (χ4n) is 6.95. The van der Waals surface area contributed by atoms with Crippen LogP contribution in [0.25, 0.3) is 0 Å². The summed E-state index contributed by atoms with van der Waals surface area (Å²) >= 11 is 9.53. The molecule has 3 N–H and O–H groups in total. The van der Waals surface area contributed by atoms with Gasteiger partial charge in [0.05, 0.1) is 16.2 Å². The van der Waals surface area contributed by atoms with Crippen LogP contribution in [-0.4, -0.2) is 59.9 Å². The molecule has 4 aromatic carbocycles. The first-order valence-electron chi connectivity index (χ1n) is 18.6. The summed E-state index contributed by atoms with van der Waals surface area (Å²) in [7, 11) is 0. The second kappa shape index (κ2) is 23.6. The summed E-state index contributed by atoms with van der Waals surface area (Å²) in [5.74, 6) is 0.153. The molecular weight excluding hydrogens is 743 g/mol. The average molecular weight is 806 g/mol. The fraction of sp³-hybridized carbons (Fsp3) is 0.413. The Labute approximate surface area is 345 Å². The lowest BCUT2D eigenvalue weighted by Gasteiger charge is -2.41. The Hall–Kier alpha value is -4.37. The Bertz CT molecular complexity index is 1710. The van der Waals surface area contributed by atoms with Gasteiger partial charge < -0.3 is 25.6 Å². The summed E-state index contributed by atoms with van der Waals surface area (Å²) in [5.41, 5.74) is 2.74. The molecule has 2 aliphatic heterocycles. The SMILES string of the molecule is C.C.CC(C)(C)OC(=O)N1CCC(C(=O)NCc2ccccc2)(c2ccccc2)CC1.ClCCl.O=C(NCc1ccccc1)C1(c2ccccc2)CCNCC1. The minimum absolute atomic E-state index is 0. The molecule has 0 aromatic heterocycles. The third-order valence-electron chi connectivity index (χ3n) is 9.84. The average Bonchev–Trinajstić information content (AvgIpc) is 3.20. The standard InChI is InChI=1S/C24H30N2O3.C19H22N2O.CH2Cl2.2CH4/c1-23(2,3)29-22(28)26-16-14-24(15-17-26,20-12-8-5-9-13-20)21(27)25-18-19-10-6-4-7-11-19;22-18(21-15-16-7-3-1-4-8-16)19(11-13-20-14-12-19)17-9-5-2-6-10-17;2-1-3;;/h4-13H,14-18H2,1-3H3,(H,25,27);1-10,20H,11-15H2,(H,21,22);1H2;2*1H4. The summed E-state index contributed by atoms with van der Waals surface area (Å²) in [5, 5.41) is 9.81. The number of piperidine rings is 2. The molecule has 2 heterocycles. The predicted molar refractivity (Wildman–Crippen MR) is 232 cm³/mol. The normalized spacial score (nSPS) is 15.3. The van der Waals surface area contributed by atoms with Gasteiger partial charge >= 0.3 is 6.09 Å². The van der Waals surface area contributed by atoms with E-state index in [1.54, 1.807) is 4.90 Å². The highest BCUT2D eigenvalue weighted by atomic mass is 35.5. The van der Waals surface area contributed by atoms with E-state index in [1.165, 1.54) is 0 Å². The third kappa shape index (κ3) is 13.7. The van der Waals surface area contributed by atoms with Gasteiger partial charge in [-0.1, -0.05) is 136 Å². The highest BCUT2D eigenvalue weighted by Crippen LogP contribution is 2.37. The van der Waals surface area contributed by atoms with Crippen molar-refractivity contribution in [2.75, 3.05) is 31.5 Å². The molecule has 8 nitrogen and oxygen atoms in total. The smallest absolute Gasteiger partial charge is 0.410 e. The van der Waals surface area contributed by atoms with Crippen molar-refractivity contribution >= 4 is 41.1 Å². The van der Waals surface area contributed by atoms with E-state index in [4.69, 9.17) is 27.9 Å². The van der Waals surface area contributed by atoms with E-state index >= 15 is 0 Å². The van der Waals surface area contributed by atoms with Crippen LogP contribution in [0.5, 0.6) is 0 Å². The van der Waals surface area contributed by atoms with E-state index in [1.807, 2.05) is 130 Å². The summed E-state index contributed by atoms with van der Waals surface area (Å²) in [6.45, 7) is 9.40. The second-order valence-electron chi connectivity index (χ2n) is 14.6. The van der Waals surface area contributed by atoms with E-state index in [-0.39, 0.29) is 38.1 Å². The van der Waals surface area contributed by atoms with Crippen LogP contribution in [0.4, 0.5) is 4.79 Å². The molecule has 2 saturated heterocycles. The van der Waals surface area contributed by atoms with Crippen molar-refractivity contribution in [1.82, 2.24) is 20.9 Å². The molecule has 0 bridgehead atoms. The van der Waals surface area contributed by atoms with Gasteiger partial charge in [0.25, 0.3) is 0 Å². The maximum Gasteiger partial charge on any atom is 0.410 e. The zero-order valence-electron chi connectivity index (χ0n) is 31.7. The fourth-order valence-corrected chi connectivity index (χ4v) is 6.95. The number of likely N-dealkylation sites (tertiary alicyclic amines) is 1. The van der Waals surface area contributed by atoms with E-state index in [9.17, 15) is 14.4 Å². The number of hydrogen-bond donors (Lipinski definition) is 3. The quantitative estimate of drug-likeness (QED) is 0.154. The number of rotatable bonds is 8. The number of benzene rings is 4. The van der Waals surface area contributed by atoms with Gasteiger partial charge in [-0.05, 0) is 81.8 Å². The Balaban J connectivity index is 0.000000359. The molecule has 0 spiro atoms. The third-order valence-corrected chi connectivity index (χ3v) is 9.84. The van der Waals surface area contributed by atoms with Crippen molar-refractivity contribution in [2.24, 2.45) is 0 Å². The van der Waals surface area contributed by atoms with Gasteiger partial charge in [-0.25, -0.2) is 4.79 Å². The highest BCUT2D eigenvalue weighted by Gasteiger charge is 2.44. The van der Waals surface area contributed by atoms with E-state index < -0.39 is 16.4 Å². The molecule has 0 saturated carbocycles. The van der Waals surface area contributed by atoms with Crippen LogP contribution < -0.4 is 16.0 Å². The number of hydrogen-bond acceptors (Lipinski definition) is 5.